The maximum Gasteiger partial charge on any atom is 0.133 e. The van der Waals surface area contributed by atoms with E-state index in [2.05, 4.69) is 26.0 Å². The zero-order chi connectivity index (χ0) is 13.1. The number of hydrogen-bond donors (Lipinski definition) is 1. The number of halogens is 1. The highest BCUT2D eigenvalue weighted by molar-refractivity contribution is 9.10. The Morgan fingerprint density at radius 2 is 2.17 bits per heavy atom. The lowest BCUT2D eigenvalue weighted by Gasteiger charge is -2.17. The van der Waals surface area contributed by atoms with Crippen LogP contribution in [0.5, 0.6) is 0 Å². The second-order valence-electron chi connectivity index (χ2n) is 4.41. The van der Waals surface area contributed by atoms with E-state index in [4.69, 9.17) is 10.3 Å². The Kier molecular flexibility index (Phi) is 4.04. The Labute approximate surface area is 115 Å². The smallest absolute Gasteiger partial charge is 0.133 e. The van der Waals surface area contributed by atoms with Crippen molar-refractivity contribution in [1.82, 2.24) is 10.1 Å². The van der Waals surface area contributed by atoms with Gasteiger partial charge in [0.15, 0.2) is 0 Å². The zero-order valence-corrected chi connectivity index (χ0v) is 12.1. The van der Waals surface area contributed by atoms with Crippen LogP contribution in [0.4, 0.5) is 5.69 Å². The summed E-state index contributed by atoms with van der Waals surface area (Å²) < 4.78 is 6.09. The van der Waals surface area contributed by atoms with Crippen LogP contribution in [0.3, 0.4) is 0 Å². The molecule has 4 nitrogen and oxygen atoms in total. The molecule has 1 aromatic heterocycles. The fourth-order valence-electron chi connectivity index (χ4n) is 1.84. The molecule has 0 spiro atoms. The third-order valence-corrected chi connectivity index (χ3v) is 3.43. The maximum absolute atomic E-state index is 5.98. The molecule has 0 aliphatic rings. The number of benzene rings is 1. The van der Waals surface area contributed by atoms with Crippen LogP contribution < -0.4 is 5.73 Å². The molecular weight excluding hydrogens is 294 g/mol. The number of aryl methyl sites for hydroxylation is 1. The van der Waals surface area contributed by atoms with Gasteiger partial charge in [-0.15, -0.1) is 0 Å². The molecule has 0 bridgehead atoms. The third kappa shape index (κ3) is 3.11. The number of nitrogen functional groups attached to an aromatic ring is 1. The van der Waals surface area contributed by atoms with E-state index in [-0.39, 0.29) is 0 Å². The van der Waals surface area contributed by atoms with Gasteiger partial charge in [-0.2, -0.15) is 0 Å². The van der Waals surface area contributed by atoms with Gasteiger partial charge in [0.1, 0.15) is 5.76 Å². The number of aromatic nitrogens is 1. The molecule has 2 aromatic rings. The van der Waals surface area contributed by atoms with Crippen molar-refractivity contribution in [2.24, 2.45) is 0 Å². The van der Waals surface area contributed by atoms with E-state index >= 15 is 0 Å². The molecule has 0 amide bonds. The Morgan fingerprint density at radius 1 is 1.39 bits per heavy atom. The Morgan fingerprint density at radius 3 is 2.78 bits per heavy atom. The lowest BCUT2D eigenvalue weighted by atomic mass is 10.1. The van der Waals surface area contributed by atoms with Crippen molar-refractivity contribution in [2.45, 2.75) is 20.0 Å². The summed E-state index contributed by atoms with van der Waals surface area (Å²) in [6.45, 7) is 3.39. The minimum Gasteiger partial charge on any atom is -0.398 e. The van der Waals surface area contributed by atoms with Crippen LogP contribution >= 0.6 is 15.9 Å². The second-order valence-corrected chi connectivity index (χ2v) is 5.26. The van der Waals surface area contributed by atoms with Crippen LogP contribution in [0.25, 0.3) is 0 Å². The van der Waals surface area contributed by atoms with Gasteiger partial charge >= 0.3 is 0 Å². The molecular formula is C13H16BrN3O. The third-order valence-electron chi connectivity index (χ3n) is 2.69. The standard InChI is InChI=1S/C13H16BrN3O/c1-9-6-10(16-18-9)7-17(2)8-11-12(14)4-3-5-13(11)15/h3-6H,7-8,15H2,1-2H3. The summed E-state index contributed by atoms with van der Waals surface area (Å²) >= 11 is 3.52. The van der Waals surface area contributed by atoms with Crippen molar-refractivity contribution >= 4 is 21.6 Å². The first kappa shape index (κ1) is 13.1. The van der Waals surface area contributed by atoms with Gasteiger partial charge < -0.3 is 10.3 Å². The molecule has 0 fully saturated rings. The van der Waals surface area contributed by atoms with Crippen molar-refractivity contribution < 1.29 is 4.52 Å². The van der Waals surface area contributed by atoms with Gasteiger partial charge in [-0.1, -0.05) is 27.2 Å². The predicted octanol–water partition coefficient (Wildman–Crippen LogP) is 2.96. The summed E-state index contributed by atoms with van der Waals surface area (Å²) in [7, 11) is 2.03. The number of rotatable bonds is 4. The Bertz CT molecular complexity index is 519. The highest BCUT2D eigenvalue weighted by Gasteiger charge is 2.09. The molecule has 0 saturated carbocycles. The van der Waals surface area contributed by atoms with E-state index in [1.165, 1.54) is 0 Å². The quantitative estimate of drug-likeness (QED) is 0.882. The fraction of sp³-hybridized carbons (Fsp3) is 0.308. The van der Waals surface area contributed by atoms with Crippen molar-refractivity contribution in [3.63, 3.8) is 0 Å². The molecule has 1 aromatic carbocycles. The lowest BCUT2D eigenvalue weighted by Crippen LogP contribution is -2.18. The molecule has 2 rings (SSSR count). The molecule has 96 valence electrons. The van der Waals surface area contributed by atoms with E-state index < -0.39 is 0 Å². The zero-order valence-electron chi connectivity index (χ0n) is 10.5. The first-order chi connectivity index (χ1) is 8.56. The van der Waals surface area contributed by atoms with Gasteiger partial charge in [0.05, 0.1) is 5.69 Å². The first-order valence-electron chi connectivity index (χ1n) is 5.70. The van der Waals surface area contributed by atoms with Crippen LogP contribution in [0.1, 0.15) is 17.0 Å². The van der Waals surface area contributed by atoms with E-state index in [1.807, 2.05) is 38.2 Å². The highest BCUT2D eigenvalue weighted by Crippen LogP contribution is 2.24. The van der Waals surface area contributed by atoms with Crippen LogP contribution in [0, 0.1) is 6.92 Å². The Hall–Kier alpha value is -1.33. The molecule has 0 aliphatic carbocycles. The molecule has 2 N–H and O–H groups in total. The highest BCUT2D eigenvalue weighted by atomic mass is 79.9. The van der Waals surface area contributed by atoms with Gasteiger partial charge in [-0.3, -0.25) is 4.90 Å². The minimum atomic E-state index is 0.734. The Balaban J connectivity index is 2.05. The van der Waals surface area contributed by atoms with Gasteiger partial charge in [-0.05, 0) is 26.1 Å². The van der Waals surface area contributed by atoms with Crippen LogP contribution in [-0.4, -0.2) is 17.1 Å². The van der Waals surface area contributed by atoms with Gasteiger partial charge in [0, 0.05) is 34.9 Å². The number of anilines is 1. The normalized spacial score (nSPS) is 11.1. The second kappa shape index (κ2) is 5.54. The molecule has 0 saturated heterocycles. The van der Waals surface area contributed by atoms with E-state index in [0.29, 0.717) is 0 Å². The summed E-state index contributed by atoms with van der Waals surface area (Å²) in [6, 6.07) is 7.79. The molecule has 5 heteroatoms. The molecule has 0 radical (unpaired) electrons. The van der Waals surface area contributed by atoms with E-state index in [9.17, 15) is 0 Å². The van der Waals surface area contributed by atoms with Crippen molar-refractivity contribution in [2.75, 3.05) is 12.8 Å². The van der Waals surface area contributed by atoms with Crippen LogP contribution in [0.15, 0.2) is 33.3 Å². The largest absolute Gasteiger partial charge is 0.398 e. The molecule has 0 unspecified atom stereocenters. The first-order valence-corrected chi connectivity index (χ1v) is 6.49. The van der Waals surface area contributed by atoms with Crippen molar-refractivity contribution in [3.8, 4) is 0 Å². The number of nitrogens with zero attached hydrogens (tertiary/aromatic N) is 2. The lowest BCUT2D eigenvalue weighted by molar-refractivity contribution is 0.302. The van der Waals surface area contributed by atoms with Crippen molar-refractivity contribution in [3.05, 3.63) is 45.8 Å². The maximum atomic E-state index is 5.98. The van der Waals surface area contributed by atoms with E-state index in [0.717, 1.165) is 40.3 Å². The fourth-order valence-corrected chi connectivity index (χ4v) is 2.34. The summed E-state index contributed by atoms with van der Waals surface area (Å²) in [5.74, 6) is 0.832. The monoisotopic (exact) mass is 309 g/mol. The summed E-state index contributed by atoms with van der Waals surface area (Å²) in [5.41, 5.74) is 8.80. The average molecular weight is 310 g/mol. The van der Waals surface area contributed by atoms with Gasteiger partial charge in [0.2, 0.25) is 0 Å². The SMILES string of the molecule is Cc1cc(CN(C)Cc2c(N)cccc2Br)no1. The predicted molar refractivity (Wildman–Crippen MR) is 75.0 cm³/mol. The minimum absolute atomic E-state index is 0.734. The number of nitrogens with two attached hydrogens (primary N) is 1. The van der Waals surface area contributed by atoms with Gasteiger partial charge in [-0.25, -0.2) is 0 Å². The van der Waals surface area contributed by atoms with Gasteiger partial charge in [0.25, 0.3) is 0 Å². The average Bonchev–Trinajstić information content (AvgIpc) is 2.69. The number of hydrogen-bond acceptors (Lipinski definition) is 4. The van der Waals surface area contributed by atoms with Crippen molar-refractivity contribution in [1.29, 1.82) is 0 Å². The summed E-state index contributed by atoms with van der Waals surface area (Å²) in [5, 5.41) is 3.98. The van der Waals surface area contributed by atoms with Crippen LogP contribution in [-0.2, 0) is 13.1 Å². The molecule has 0 aliphatic heterocycles. The summed E-state index contributed by atoms with van der Waals surface area (Å²) in [6.07, 6.45) is 0. The van der Waals surface area contributed by atoms with Crippen LogP contribution in [0.2, 0.25) is 0 Å². The summed E-state index contributed by atoms with van der Waals surface area (Å²) in [4.78, 5) is 2.15. The van der Waals surface area contributed by atoms with E-state index in [1.54, 1.807) is 0 Å². The molecule has 0 atom stereocenters. The molecule has 18 heavy (non-hydrogen) atoms. The molecule has 1 heterocycles. The topological polar surface area (TPSA) is 55.3 Å².